The highest BCUT2D eigenvalue weighted by Crippen LogP contribution is 2.33. The van der Waals surface area contributed by atoms with Crippen LogP contribution in [0, 0.1) is 6.92 Å². The smallest absolute Gasteiger partial charge is 0.334 e. The minimum Gasteiger partial charge on any atom is -0.334 e. The van der Waals surface area contributed by atoms with Gasteiger partial charge in [0, 0.05) is 54.1 Å². The van der Waals surface area contributed by atoms with Crippen LogP contribution in [0.25, 0.3) is 22.0 Å². The SMILES string of the molecule is CCCCN(CCCC)C(=O)n1nc(-c2ccc(C(=O)NS(=O)(=O)c3ccc4ccccc4c3)cc2C(=O)N2CCc3ccccc3C2)c(CCCN(C)C)c1C. The summed E-state index contributed by atoms with van der Waals surface area (Å²) in [6.45, 7) is 8.99. The maximum Gasteiger partial charge on any atom is 0.344 e. The highest BCUT2D eigenvalue weighted by atomic mass is 32.2. The molecule has 3 amide bonds. The van der Waals surface area contributed by atoms with E-state index in [9.17, 15) is 22.8 Å². The first kappa shape index (κ1) is 41.3. The molecule has 0 radical (unpaired) electrons. The van der Waals surface area contributed by atoms with Gasteiger partial charge in [-0.2, -0.15) is 9.78 Å². The second-order valence-corrected chi connectivity index (χ2v) is 16.8. The second kappa shape index (κ2) is 18.3. The molecule has 0 atom stereocenters. The topological polar surface area (TPSA) is 125 Å². The molecule has 11 nitrogen and oxygen atoms in total. The Kier molecular flexibility index (Phi) is 13.3. The summed E-state index contributed by atoms with van der Waals surface area (Å²) in [7, 11) is -0.240. The summed E-state index contributed by atoms with van der Waals surface area (Å²) in [5.74, 6) is -1.17. The highest BCUT2D eigenvalue weighted by molar-refractivity contribution is 7.90. The number of nitrogens with one attached hydrogen (secondary N) is 1. The van der Waals surface area contributed by atoms with Crippen LogP contribution in [-0.2, 0) is 29.4 Å². The number of benzene rings is 4. The summed E-state index contributed by atoms with van der Waals surface area (Å²) in [4.78, 5) is 48.5. The van der Waals surface area contributed by atoms with E-state index in [2.05, 4.69) is 29.5 Å². The van der Waals surface area contributed by atoms with Crippen LogP contribution in [0.15, 0.2) is 89.8 Å². The number of amides is 3. The van der Waals surface area contributed by atoms with Gasteiger partial charge < -0.3 is 14.7 Å². The van der Waals surface area contributed by atoms with Crippen molar-refractivity contribution in [1.29, 1.82) is 0 Å². The Morgan fingerprint density at radius 3 is 2.19 bits per heavy atom. The zero-order valence-electron chi connectivity index (χ0n) is 33.8. The van der Waals surface area contributed by atoms with Gasteiger partial charge in [-0.1, -0.05) is 87.4 Å². The Labute approximate surface area is 336 Å². The lowest BCUT2D eigenvalue weighted by molar-refractivity contribution is 0.0735. The number of aromatic nitrogens is 2. The molecule has 1 aliphatic heterocycles. The monoisotopic (exact) mass is 790 g/mol. The molecule has 1 aliphatic rings. The maximum absolute atomic E-state index is 14.8. The predicted octanol–water partition coefficient (Wildman–Crippen LogP) is 7.69. The van der Waals surface area contributed by atoms with Crippen LogP contribution in [0.3, 0.4) is 0 Å². The van der Waals surface area contributed by atoms with Gasteiger partial charge in [0.2, 0.25) is 0 Å². The number of carbonyl (C=O) groups is 3. The molecule has 1 N–H and O–H groups in total. The normalized spacial score (nSPS) is 12.8. The minimum atomic E-state index is -4.26. The van der Waals surface area contributed by atoms with E-state index in [4.69, 9.17) is 5.10 Å². The summed E-state index contributed by atoms with van der Waals surface area (Å²) in [5, 5.41) is 6.58. The van der Waals surface area contributed by atoms with Crippen molar-refractivity contribution in [3.8, 4) is 11.3 Å². The molecule has 4 aromatic carbocycles. The van der Waals surface area contributed by atoms with Gasteiger partial charge >= 0.3 is 6.03 Å². The fourth-order valence-corrected chi connectivity index (χ4v) is 8.44. The number of unbranched alkanes of at least 4 members (excludes halogenated alkanes) is 2. The van der Waals surface area contributed by atoms with Crippen molar-refractivity contribution in [3.63, 3.8) is 0 Å². The van der Waals surface area contributed by atoms with Crippen molar-refractivity contribution in [1.82, 2.24) is 29.2 Å². The lowest BCUT2D eigenvalue weighted by Gasteiger charge is -2.29. The van der Waals surface area contributed by atoms with Gasteiger partial charge in [0.15, 0.2) is 0 Å². The molecule has 12 heteroatoms. The third-order valence-electron chi connectivity index (χ3n) is 10.7. The van der Waals surface area contributed by atoms with E-state index in [-0.39, 0.29) is 28.0 Å². The zero-order valence-corrected chi connectivity index (χ0v) is 34.6. The lowest BCUT2D eigenvalue weighted by atomic mass is 9.94. The van der Waals surface area contributed by atoms with E-state index in [1.165, 1.54) is 34.5 Å². The van der Waals surface area contributed by atoms with Gasteiger partial charge in [-0.15, -0.1) is 0 Å². The van der Waals surface area contributed by atoms with E-state index < -0.39 is 15.9 Å². The summed E-state index contributed by atoms with van der Waals surface area (Å²) in [6.07, 6.45) is 5.70. The molecule has 0 fully saturated rings. The van der Waals surface area contributed by atoms with E-state index in [0.29, 0.717) is 56.0 Å². The first-order valence-corrected chi connectivity index (χ1v) is 21.5. The molecule has 2 heterocycles. The van der Waals surface area contributed by atoms with Crippen molar-refractivity contribution < 1.29 is 22.8 Å². The van der Waals surface area contributed by atoms with Crippen LogP contribution in [0.5, 0.6) is 0 Å². The van der Waals surface area contributed by atoms with Gasteiger partial charge in [-0.3, -0.25) is 9.59 Å². The summed E-state index contributed by atoms with van der Waals surface area (Å²) in [5.41, 5.74) is 4.99. The average molecular weight is 791 g/mol. The summed E-state index contributed by atoms with van der Waals surface area (Å²) >= 11 is 0. The van der Waals surface area contributed by atoms with Crippen LogP contribution in [0.4, 0.5) is 4.79 Å². The van der Waals surface area contributed by atoms with E-state index in [1.807, 2.05) is 68.4 Å². The van der Waals surface area contributed by atoms with Crippen LogP contribution in [0.2, 0.25) is 0 Å². The van der Waals surface area contributed by atoms with Crippen LogP contribution < -0.4 is 4.72 Å². The molecule has 0 aliphatic carbocycles. The molecule has 300 valence electrons. The Bertz CT molecular complexity index is 2360. The predicted molar refractivity (Wildman–Crippen MR) is 225 cm³/mol. The van der Waals surface area contributed by atoms with Gasteiger partial charge in [0.25, 0.3) is 21.8 Å². The van der Waals surface area contributed by atoms with Crippen LogP contribution >= 0.6 is 0 Å². The first-order chi connectivity index (χ1) is 27.4. The first-order valence-electron chi connectivity index (χ1n) is 20.0. The quantitative estimate of drug-likeness (QED) is 0.115. The summed E-state index contributed by atoms with van der Waals surface area (Å²) in [6, 6.07) is 24.6. The van der Waals surface area contributed by atoms with Crippen molar-refractivity contribution in [2.75, 3.05) is 40.3 Å². The molecule has 5 aromatic rings. The fourth-order valence-electron chi connectivity index (χ4n) is 7.43. The number of fused-ring (bicyclic) bond motifs is 2. The van der Waals surface area contributed by atoms with E-state index >= 15 is 0 Å². The minimum absolute atomic E-state index is 0.00979. The number of hydrogen-bond donors (Lipinski definition) is 1. The van der Waals surface area contributed by atoms with E-state index in [1.54, 1.807) is 17.0 Å². The van der Waals surface area contributed by atoms with E-state index in [0.717, 1.165) is 60.5 Å². The van der Waals surface area contributed by atoms with Crippen molar-refractivity contribution in [2.24, 2.45) is 0 Å². The Morgan fingerprint density at radius 1 is 0.807 bits per heavy atom. The van der Waals surface area contributed by atoms with Crippen molar-refractivity contribution >= 4 is 38.6 Å². The van der Waals surface area contributed by atoms with Crippen molar-refractivity contribution in [3.05, 3.63) is 118 Å². The van der Waals surface area contributed by atoms with Gasteiger partial charge in [0.1, 0.15) is 0 Å². The molecule has 0 unspecified atom stereocenters. The highest BCUT2D eigenvalue weighted by Gasteiger charge is 2.30. The summed E-state index contributed by atoms with van der Waals surface area (Å²) < 4.78 is 30.8. The van der Waals surface area contributed by atoms with Gasteiger partial charge in [0.05, 0.1) is 10.6 Å². The van der Waals surface area contributed by atoms with Crippen LogP contribution in [0.1, 0.15) is 89.1 Å². The maximum atomic E-state index is 14.8. The molecule has 1 aromatic heterocycles. The zero-order chi connectivity index (χ0) is 40.7. The molecule has 0 saturated heterocycles. The third kappa shape index (κ3) is 9.45. The molecule has 57 heavy (non-hydrogen) atoms. The van der Waals surface area contributed by atoms with Crippen molar-refractivity contribution in [2.45, 2.75) is 77.2 Å². The Balaban J connectivity index is 1.43. The molecule has 0 spiro atoms. The molecule has 0 bridgehead atoms. The fraction of sp³-hybridized carbons (Fsp3) is 0.378. The second-order valence-electron chi connectivity index (χ2n) is 15.2. The number of carbonyl (C=O) groups excluding carboxylic acids is 3. The Morgan fingerprint density at radius 2 is 1.49 bits per heavy atom. The van der Waals surface area contributed by atoms with Crippen LogP contribution in [-0.4, -0.2) is 91.0 Å². The number of rotatable bonds is 15. The standard InChI is InChI=1S/C45H54N6O5S/c1-6-8-26-49(27-9-7-2)45(54)51-32(3)39(19-14-25-48(4)5)42(46-51)40-23-21-36(30-41(40)44(53)50-28-24-34-16-11-13-18-37(34)31-50)43(52)47-57(55,56)38-22-20-33-15-10-12-17-35(33)29-38/h10-13,15-18,20-23,29-30H,6-9,14,19,24-28,31H2,1-5H3,(H,47,52). The van der Waals surface area contributed by atoms with Gasteiger partial charge in [-0.05, 0) is 106 Å². The lowest BCUT2D eigenvalue weighted by Crippen LogP contribution is -2.37. The number of nitrogens with zero attached hydrogens (tertiary/aromatic N) is 5. The third-order valence-corrected chi connectivity index (χ3v) is 12.1. The largest absolute Gasteiger partial charge is 0.344 e. The number of hydrogen-bond acceptors (Lipinski definition) is 7. The Hall–Kier alpha value is -5.33. The number of sulfonamides is 1. The molecular formula is C45H54N6O5S. The molecular weight excluding hydrogens is 737 g/mol. The van der Waals surface area contributed by atoms with Gasteiger partial charge in [-0.25, -0.2) is 17.9 Å². The average Bonchev–Trinajstić information content (AvgIpc) is 3.54. The molecule has 6 rings (SSSR count). The molecule has 0 saturated carbocycles.